The number of nitrogens with two attached hydrogens (primary N) is 1. The molecular weight excluding hydrogens is 581 g/mol. The number of rotatable bonds is 6. The number of benzene rings is 1. The number of hydrogen-bond donors (Lipinski definition) is 1. The molecule has 46 heavy (non-hydrogen) atoms. The Morgan fingerprint density at radius 2 is 1.78 bits per heavy atom. The number of halogens is 1. The molecule has 0 saturated carbocycles. The molecule has 0 unspecified atom stereocenters. The summed E-state index contributed by atoms with van der Waals surface area (Å²) in [5.41, 5.74) is 11.5. The maximum atomic E-state index is 13.5. The van der Waals surface area contributed by atoms with Crippen LogP contribution in [0.1, 0.15) is 17.8 Å². The zero-order valence-electron chi connectivity index (χ0n) is 24.8. The molecular formula is C34H28FN11. The Morgan fingerprint density at radius 1 is 0.913 bits per heavy atom. The summed E-state index contributed by atoms with van der Waals surface area (Å²) in [5, 5.41) is 10.00. The van der Waals surface area contributed by atoms with Crippen LogP contribution in [0.4, 0.5) is 16.0 Å². The molecule has 2 N–H and O–H groups in total. The first-order valence-electron chi connectivity index (χ1n) is 15.0. The maximum absolute atomic E-state index is 13.5. The number of aromatic nitrogens is 7. The van der Waals surface area contributed by atoms with Gasteiger partial charge in [-0.15, -0.1) is 0 Å². The molecule has 2 aliphatic heterocycles. The van der Waals surface area contributed by atoms with Crippen molar-refractivity contribution in [2.45, 2.75) is 13.0 Å². The minimum absolute atomic E-state index is 0.207. The third-order valence-corrected chi connectivity index (χ3v) is 8.83. The molecule has 0 aliphatic carbocycles. The van der Waals surface area contributed by atoms with E-state index in [1.54, 1.807) is 24.7 Å². The average molecular weight is 610 g/mol. The zero-order valence-corrected chi connectivity index (χ0v) is 24.8. The van der Waals surface area contributed by atoms with E-state index >= 15 is 0 Å². The predicted octanol–water partition coefficient (Wildman–Crippen LogP) is 4.64. The van der Waals surface area contributed by atoms with E-state index < -0.39 is 5.82 Å². The minimum atomic E-state index is -0.418. The molecule has 2 saturated heterocycles. The van der Waals surface area contributed by atoms with Crippen LogP contribution in [0.3, 0.4) is 0 Å². The molecule has 0 atom stereocenters. The lowest BCUT2D eigenvalue weighted by Crippen LogP contribution is -2.56. The SMILES string of the molecule is N#Cc1nccc(N2CCC3(CN(Cc4ccc(-n5c(-c6cccnc6N)cc6cnc(-c7ccc(F)cn7)nc65)cc4)C3)C2)n1. The Kier molecular flexibility index (Phi) is 6.61. The molecule has 0 bridgehead atoms. The van der Waals surface area contributed by atoms with E-state index in [2.05, 4.69) is 63.6 Å². The second kappa shape index (κ2) is 11.0. The van der Waals surface area contributed by atoms with Crippen molar-refractivity contribution in [3.63, 3.8) is 0 Å². The summed E-state index contributed by atoms with van der Waals surface area (Å²) < 4.78 is 15.6. The van der Waals surface area contributed by atoms with E-state index in [0.717, 1.165) is 73.5 Å². The van der Waals surface area contributed by atoms with Crippen molar-refractivity contribution in [1.82, 2.24) is 39.4 Å². The Labute approximate surface area is 263 Å². The van der Waals surface area contributed by atoms with Gasteiger partial charge in [0, 0.05) is 73.4 Å². The van der Waals surface area contributed by atoms with E-state index in [9.17, 15) is 4.39 Å². The van der Waals surface area contributed by atoms with Crippen LogP contribution in [0.25, 0.3) is 39.5 Å². The van der Waals surface area contributed by atoms with E-state index in [1.165, 1.54) is 11.6 Å². The van der Waals surface area contributed by atoms with Crippen molar-refractivity contribution in [1.29, 1.82) is 5.26 Å². The molecule has 7 heterocycles. The number of hydrogen-bond acceptors (Lipinski definition) is 10. The summed E-state index contributed by atoms with van der Waals surface area (Å²) in [7, 11) is 0. The fraction of sp³-hybridized carbons (Fsp3) is 0.206. The topological polar surface area (TPSA) is 139 Å². The number of likely N-dealkylation sites (tertiary alicyclic amines) is 1. The van der Waals surface area contributed by atoms with Crippen LogP contribution in [0, 0.1) is 22.6 Å². The lowest BCUT2D eigenvalue weighted by Gasteiger charge is -2.48. The third kappa shape index (κ3) is 4.96. The zero-order chi connectivity index (χ0) is 31.3. The Bertz CT molecular complexity index is 2110. The summed E-state index contributed by atoms with van der Waals surface area (Å²) in [4.78, 5) is 31.0. The van der Waals surface area contributed by atoms with Crippen LogP contribution < -0.4 is 10.6 Å². The van der Waals surface area contributed by atoms with Gasteiger partial charge in [0.15, 0.2) is 5.82 Å². The molecule has 2 fully saturated rings. The molecule has 6 aromatic rings. The average Bonchev–Trinajstić information content (AvgIpc) is 3.68. The van der Waals surface area contributed by atoms with Crippen LogP contribution >= 0.6 is 0 Å². The standard InChI is InChI=1S/C34H28FN11/c35-24-5-8-27(40-17-24)32-41-16-23-14-28(26-2-1-11-39-31(26)37)46(33(23)43-32)25-6-3-22(4-7-25)18-44-19-34(20-44)10-13-45(21-34)30-9-12-38-29(15-36)42-30/h1-9,11-12,14,16-17H,10,13,18-21H2,(H2,37,39). The Hall–Kier alpha value is -5.80. The maximum Gasteiger partial charge on any atom is 0.234 e. The van der Waals surface area contributed by atoms with Crippen molar-refractivity contribution >= 4 is 22.7 Å². The van der Waals surface area contributed by atoms with Gasteiger partial charge in [-0.3, -0.25) is 9.47 Å². The van der Waals surface area contributed by atoms with Crippen LogP contribution in [0.2, 0.25) is 0 Å². The molecule has 0 amide bonds. The lowest BCUT2D eigenvalue weighted by atomic mass is 9.79. The monoisotopic (exact) mass is 609 g/mol. The van der Waals surface area contributed by atoms with Gasteiger partial charge >= 0.3 is 0 Å². The number of pyridine rings is 2. The van der Waals surface area contributed by atoms with Gasteiger partial charge in [0.1, 0.15) is 34.9 Å². The predicted molar refractivity (Wildman–Crippen MR) is 171 cm³/mol. The molecule has 0 radical (unpaired) electrons. The largest absolute Gasteiger partial charge is 0.383 e. The van der Waals surface area contributed by atoms with Gasteiger partial charge in [0.2, 0.25) is 5.82 Å². The van der Waals surface area contributed by atoms with E-state index in [-0.39, 0.29) is 11.2 Å². The van der Waals surface area contributed by atoms with E-state index in [0.29, 0.717) is 23.0 Å². The van der Waals surface area contributed by atoms with Crippen molar-refractivity contribution < 1.29 is 4.39 Å². The summed E-state index contributed by atoms with van der Waals surface area (Å²) in [6.45, 7) is 4.76. The highest BCUT2D eigenvalue weighted by atomic mass is 19.1. The minimum Gasteiger partial charge on any atom is -0.383 e. The summed E-state index contributed by atoms with van der Waals surface area (Å²) in [6, 6.07) is 21.1. The second-order valence-electron chi connectivity index (χ2n) is 12.0. The normalized spacial score (nSPS) is 15.7. The summed E-state index contributed by atoms with van der Waals surface area (Å²) in [6.07, 6.45) is 7.34. The van der Waals surface area contributed by atoms with Crippen LogP contribution in [0.15, 0.2) is 85.5 Å². The smallest absolute Gasteiger partial charge is 0.234 e. The first kappa shape index (κ1) is 27.7. The lowest BCUT2D eigenvalue weighted by molar-refractivity contribution is 0.0117. The Balaban J connectivity index is 1.05. The van der Waals surface area contributed by atoms with Gasteiger partial charge in [-0.25, -0.2) is 34.3 Å². The van der Waals surface area contributed by atoms with Crippen molar-refractivity contribution in [3.8, 4) is 34.5 Å². The van der Waals surface area contributed by atoms with Gasteiger partial charge < -0.3 is 10.6 Å². The highest BCUT2D eigenvalue weighted by molar-refractivity contribution is 5.89. The van der Waals surface area contributed by atoms with Gasteiger partial charge in [0.05, 0.1) is 11.9 Å². The molecule has 8 rings (SSSR count). The number of nitriles is 1. The first-order chi connectivity index (χ1) is 22.5. The molecule has 1 aromatic carbocycles. The number of nitrogens with zero attached hydrogens (tertiary/aromatic N) is 10. The van der Waals surface area contributed by atoms with Crippen molar-refractivity contribution in [2.75, 3.05) is 36.8 Å². The first-order valence-corrected chi connectivity index (χ1v) is 15.0. The van der Waals surface area contributed by atoms with Crippen LogP contribution in [-0.4, -0.2) is 65.5 Å². The third-order valence-electron chi connectivity index (χ3n) is 8.83. The van der Waals surface area contributed by atoms with E-state index in [1.807, 2.05) is 30.3 Å². The molecule has 1 spiro atoms. The molecule has 12 heteroatoms. The summed E-state index contributed by atoms with van der Waals surface area (Å²) in [5.74, 6) is 1.43. The number of fused-ring (bicyclic) bond motifs is 1. The fourth-order valence-electron chi connectivity index (χ4n) is 6.70. The highest BCUT2D eigenvalue weighted by Gasteiger charge is 2.47. The summed E-state index contributed by atoms with van der Waals surface area (Å²) >= 11 is 0. The quantitative estimate of drug-likeness (QED) is 0.284. The van der Waals surface area contributed by atoms with Crippen LogP contribution in [0.5, 0.6) is 0 Å². The van der Waals surface area contributed by atoms with E-state index in [4.69, 9.17) is 16.0 Å². The molecule has 11 nitrogen and oxygen atoms in total. The molecule has 2 aliphatic rings. The fourth-order valence-corrected chi connectivity index (χ4v) is 6.70. The van der Waals surface area contributed by atoms with Crippen LogP contribution in [-0.2, 0) is 6.54 Å². The van der Waals surface area contributed by atoms with Gasteiger partial charge in [-0.1, -0.05) is 12.1 Å². The number of anilines is 2. The van der Waals surface area contributed by atoms with Crippen molar-refractivity contribution in [2.24, 2.45) is 5.41 Å². The van der Waals surface area contributed by atoms with Gasteiger partial charge in [-0.05, 0) is 60.5 Å². The van der Waals surface area contributed by atoms with Gasteiger partial charge in [0.25, 0.3) is 0 Å². The highest BCUT2D eigenvalue weighted by Crippen LogP contribution is 2.41. The Morgan fingerprint density at radius 3 is 2.57 bits per heavy atom. The molecule has 5 aromatic heterocycles. The second-order valence-corrected chi connectivity index (χ2v) is 12.0. The number of nitrogen functional groups attached to an aromatic ring is 1. The van der Waals surface area contributed by atoms with Crippen molar-refractivity contribution in [3.05, 3.63) is 103 Å². The van der Waals surface area contributed by atoms with Gasteiger partial charge in [-0.2, -0.15) is 5.26 Å². The molecule has 226 valence electrons.